The Morgan fingerprint density at radius 1 is 1.55 bits per heavy atom. The molecule has 3 heterocycles. The van der Waals surface area contributed by atoms with Gasteiger partial charge in [-0.05, 0) is 26.7 Å². The fourth-order valence-corrected chi connectivity index (χ4v) is 2.59. The summed E-state index contributed by atoms with van der Waals surface area (Å²) >= 11 is 0. The van der Waals surface area contributed by atoms with Gasteiger partial charge in [-0.15, -0.1) is 0 Å². The van der Waals surface area contributed by atoms with E-state index in [1.807, 2.05) is 18.7 Å². The van der Waals surface area contributed by atoms with Crippen molar-refractivity contribution in [2.24, 2.45) is 0 Å². The van der Waals surface area contributed by atoms with Crippen molar-refractivity contribution < 1.29 is 9.32 Å². The molecule has 0 aliphatic carbocycles. The van der Waals surface area contributed by atoms with Crippen LogP contribution < -0.4 is 0 Å². The standard InChI is InChI=1S/C13H17N5O2/c1-8-6-10(20-17-8)7-12(19)18-5-3-4-11(18)13-14-9(2)15-16-13/h6,11H,3-5,7H2,1-2H3,(H,14,15,16). The molecule has 1 atom stereocenters. The molecule has 2 aromatic rings. The summed E-state index contributed by atoms with van der Waals surface area (Å²) in [6.45, 7) is 4.44. The van der Waals surface area contributed by atoms with E-state index in [-0.39, 0.29) is 18.4 Å². The van der Waals surface area contributed by atoms with E-state index in [1.54, 1.807) is 6.07 Å². The topological polar surface area (TPSA) is 87.9 Å². The van der Waals surface area contributed by atoms with E-state index in [1.165, 1.54) is 0 Å². The smallest absolute Gasteiger partial charge is 0.230 e. The molecule has 20 heavy (non-hydrogen) atoms. The van der Waals surface area contributed by atoms with Crippen molar-refractivity contribution in [3.63, 3.8) is 0 Å². The highest BCUT2D eigenvalue weighted by Crippen LogP contribution is 2.30. The van der Waals surface area contributed by atoms with Gasteiger partial charge < -0.3 is 9.42 Å². The van der Waals surface area contributed by atoms with E-state index < -0.39 is 0 Å². The van der Waals surface area contributed by atoms with Crippen molar-refractivity contribution in [1.82, 2.24) is 25.2 Å². The summed E-state index contributed by atoms with van der Waals surface area (Å²) < 4.78 is 5.10. The molecule has 1 saturated heterocycles. The van der Waals surface area contributed by atoms with Crippen molar-refractivity contribution >= 4 is 5.91 Å². The number of amides is 1. The van der Waals surface area contributed by atoms with Crippen LogP contribution in [0.1, 0.15) is 42.0 Å². The SMILES string of the molecule is Cc1cc(CC(=O)N2CCCC2c2n[nH]c(C)n2)on1. The third kappa shape index (κ3) is 2.43. The van der Waals surface area contributed by atoms with Crippen molar-refractivity contribution in [3.8, 4) is 0 Å². The van der Waals surface area contributed by atoms with Crippen LogP contribution in [0, 0.1) is 13.8 Å². The summed E-state index contributed by atoms with van der Waals surface area (Å²) in [4.78, 5) is 18.6. The lowest BCUT2D eigenvalue weighted by atomic mass is 10.2. The van der Waals surface area contributed by atoms with Crippen molar-refractivity contribution in [1.29, 1.82) is 0 Å². The van der Waals surface area contributed by atoms with Crippen LogP contribution in [0.15, 0.2) is 10.6 Å². The maximum absolute atomic E-state index is 12.4. The van der Waals surface area contributed by atoms with Crippen LogP contribution >= 0.6 is 0 Å². The summed E-state index contributed by atoms with van der Waals surface area (Å²) in [5, 5.41) is 10.8. The number of rotatable bonds is 3. The fraction of sp³-hybridized carbons (Fsp3) is 0.538. The van der Waals surface area contributed by atoms with Gasteiger partial charge in [0.05, 0.1) is 18.2 Å². The zero-order valence-electron chi connectivity index (χ0n) is 11.6. The number of carbonyl (C=O) groups is 1. The molecular weight excluding hydrogens is 258 g/mol. The third-order valence-corrected chi connectivity index (χ3v) is 3.49. The molecule has 1 unspecified atom stereocenters. The minimum atomic E-state index is -0.0310. The van der Waals surface area contributed by atoms with Crippen LogP contribution in [0.2, 0.25) is 0 Å². The molecule has 3 rings (SSSR count). The number of nitrogens with zero attached hydrogens (tertiary/aromatic N) is 4. The summed E-state index contributed by atoms with van der Waals surface area (Å²) in [5.41, 5.74) is 0.787. The Bertz CT molecular complexity index is 618. The molecule has 0 bridgehead atoms. The molecule has 0 saturated carbocycles. The predicted molar refractivity (Wildman–Crippen MR) is 69.8 cm³/mol. The Morgan fingerprint density at radius 3 is 3.05 bits per heavy atom. The molecule has 7 heteroatoms. The number of nitrogens with one attached hydrogen (secondary N) is 1. The first-order chi connectivity index (χ1) is 9.63. The molecule has 1 fully saturated rings. The number of aryl methyl sites for hydroxylation is 2. The lowest BCUT2D eigenvalue weighted by Crippen LogP contribution is -2.32. The number of hydrogen-bond acceptors (Lipinski definition) is 5. The molecule has 1 N–H and O–H groups in total. The molecule has 106 valence electrons. The number of aromatic amines is 1. The van der Waals surface area contributed by atoms with Gasteiger partial charge in [0.15, 0.2) is 5.82 Å². The van der Waals surface area contributed by atoms with Gasteiger partial charge in [0, 0.05) is 12.6 Å². The minimum Gasteiger partial charge on any atom is -0.361 e. The highest BCUT2D eigenvalue weighted by Gasteiger charge is 2.32. The van der Waals surface area contributed by atoms with Crippen LogP contribution in [-0.4, -0.2) is 37.7 Å². The van der Waals surface area contributed by atoms with Crippen LogP contribution in [0.4, 0.5) is 0 Å². The molecule has 7 nitrogen and oxygen atoms in total. The zero-order valence-corrected chi connectivity index (χ0v) is 11.6. The fourth-order valence-electron chi connectivity index (χ4n) is 2.59. The number of aromatic nitrogens is 4. The predicted octanol–water partition coefficient (Wildman–Crippen LogP) is 1.32. The molecule has 0 aromatic carbocycles. The first kappa shape index (κ1) is 12.8. The molecule has 1 aliphatic heterocycles. The Kier molecular flexibility index (Phi) is 3.25. The largest absolute Gasteiger partial charge is 0.361 e. The van der Waals surface area contributed by atoms with Gasteiger partial charge in [0.25, 0.3) is 0 Å². The van der Waals surface area contributed by atoms with Crippen LogP contribution in [-0.2, 0) is 11.2 Å². The quantitative estimate of drug-likeness (QED) is 0.912. The van der Waals surface area contributed by atoms with Gasteiger partial charge in [-0.1, -0.05) is 5.16 Å². The minimum absolute atomic E-state index is 0.0310. The average molecular weight is 275 g/mol. The van der Waals surface area contributed by atoms with Crippen LogP contribution in [0.3, 0.4) is 0 Å². The van der Waals surface area contributed by atoms with E-state index in [2.05, 4.69) is 20.3 Å². The van der Waals surface area contributed by atoms with Gasteiger partial charge in [0.2, 0.25) is 5.91 Å². The maximum Gasteiger partial charge on any atom is 0.230 e. The highest BCUT2D eigenvalue weighted by atomic mass is 16.5. The van der Waals surface area contributed by atoms with Gasteiger partial charge >= 0.3 is 0 Å². The Labute approximate surface area is 116 Å². The van der Waals surface area contributed by atoms with Crippen LogP contribution in [0.5, 0.6) is 0 Å². The van der Waals surface area contributed by atoms with Crippen molar-refractivity contribution in [2.75, 3.05) is 6.54 Å². The van der Waals surface area contributed by atoms with Gasteiger partial charge in [-0.3, -0.25) is 9.89 Å². The van der Waals surface area contributed by atoms with E-state index in [0.717, 1.165) is 30.9 Å². The lowest BCUT2D eigenvalue weighted by Gasteiger charge is -2.21. The lowest BCUT2D eigenvalue weighted by molar-refractivity contribution is -0.131. The Hall–Kier alpha value is -2.18. The Morgan fingerprint density at radius 2 is 2.40 bits per heavy atom. The summed E-state index contributed by atoms with van der Waals surface area (Å²) in [6, 6.07) is 1.76. The normalized spacial score (nSPS) is 18.7. The van der Waals surface area contributed by atoms with Crippen molar-refractivity contribution in [2.45, 2.75) is 39.2 Å². The van der Waals surface area contributed by atoms with E-state index >= 15 is 0 Å². The third-order valence-electron chi connectivity index (χ3n) is 3.49. The monoisotopic (exact) mass is 275 g/mol. The molecule has 0 spiro atoms. The van der Waals surface area contributed by atoms with Crippen molar-refractivity contribution in [3.05, 3.63) is 29.2 Å². The number of H-pyrrole nitrogens is 1. The molecule has 2 aromatic heterocycles. The zero-order chi connectivity index (χ0) is 14.1. The number of likely N-dealkylation sites (tertiary alicyclic amines) is 1. The van der Waals surface area contributed by atoms with E-state index in [4.69, 9.17) is 4.52 Å². The second-order valence-corrected chi connectivity index (χ2v) is 5.14. The first-order valence-electron chi connectivity index (χ1n) is 6.74. The molecular formula is C13H17N5O2. The maximum atomic E-state index is 12.4. The average Bonchev–Trinajstić information content (AvgIpc) is 3.09. The van der Waals surface area contributed by atoms with Crippen LogP contribution in [0.25, 0.3) is 0 Å². The molecule has 0 radical (unpaired) electrons. The number of hydrogen-bond donors (Lipinski definition) is 1. The van der Waals surface area contributed by atoms with Gasteiger partial charge in [-0.25, -0.2) is 4.98 Å². The summed E-state index contributed by atoms with van der Waals surface area (Å²) in [7, 11) is 0. The highest BCUT2D eigenvalue weighted by molar-refractivity contribution is 5.78. The summed E-state index contributed by atoms with van der Waals surface area (Å²) in [5.74, 6) is 2.10. The van der Waals surface area contributed by atoms with Gasteiger partial charge in [-0.2, -0.15) is 5.10 Å². The summed E-state index contributed by atoms with van der Waals surface area (Å²) in [6.07, 6.45) is 2.11. The first-order valence-corrected chi connectivity index (χ1v) is 6.74. The second-order valence-electron chi connectivity index (χ2n) is 5.14. The molecule has 1 amide bonds. The van der Waals surface area contributed by atoms with Gasteiger partial charge in [0.1, 0.15) is 11.6 Å². The van der Waals surface area contributed by atoms with E-state index in [9.17, 15) is 4.79 Å². The molecule has 1 aliphatic rings. The Balaban J connectivity index is 1.73. The van der Waals surface area contributed by atoms with E-state index in [0.29, 0.717) is 11.6 Å². The number of carbonyl (C=O) groups excluding carboxylic acids is 1. The second kappa shape index (κ2) is 5.07.